The van der Waals surface area contributed by atoms with Crippen LogP contribution in [0.4, 0.5) is 5.69 Å². The molecule has 0 aliphatic carbocycles. The van der Waals surface area contributed by atoms with Crippen molar-refractivity contribution in [1.82, 2.24) is 0 Å². The minimum atomic E-state index is 0.613. The second-order valence-electron chi connectivity index (χ2n) is 4.81. The molecule has 1 aliphatic heterocycles. The number of thioether (sulfide) groups is 1. The van der Waals surface area contributed by atoms with Gasteiger partial charge in [-0.15, -0.1) is 11.8 Å². The van der Waals surface area contributed by atoms with Crippen LogP contribution in [0, 0.1) is 0 Å². The van der Waals surface area contributed by atoms with Crippen molar-refractivity contribution in [3.8, 4) is 11.5 Å². The van der Waals surface area contributed by atoms with E-state index in [0.717, 1.165) is 29.2 Å². The summed E-state index contributed by atoms with van der Waals surface area (Å²) in [5, 5.41) is 0.613. The molecule has 21 heavy (non-hydrogen) atoms. The van der Waals surface area contributed by atoms with Crippen LogP contribution in [0.25, 0.3) is 0 Å². The number of nitrogen functional groups attached to an aromatic ring is 1. The average Bonchev–Trinajstić information content (AvgIpc) is 2.72. The lowest BCUT2D eigenvalue weighted by Gasteiger charge is -2.11. The minimum absolute atomic E-state index is 0.613. The quantitative estimate of drug-likeness (QED) is 0.673. The van der Waals surface area contributed by atoms with Gasteiger partial charge in [-0.1, -0.05) is 11.6 Å². The summed E-state index contributed by atoms with van der Waals surface area (Å²) in [6, 6.07) is 11.8. The Bertz CT molecular complexity index is 631. The van der Waals surface area contributed by atoms with Gasteiger partial charge in [-0.2, -0.15) is 0 Å². The molecule has 0 fully saturated rings. The van der Waals surface area contributed by atoms with Gasteiger partial charge in [0, 0.05) is 22.8 Å². The molecule has 0 spiro atoms. The van der Waals surface area contributed by atoms with Crippen LogP contribution in [-0.4, -0.2) is 13.2 Å². The highest BCUT2D eigenvalue weighted by molar-refractivity contribution is 7.98. The predicted molar refractivity (Wildman–Crippen MR) is 87.5 cm³/mol. The molecule has 3 rings (SSSR count). The molecular formula is C16H16ClNO2S. The Labute approximate surface area is 133 Å². The number of benzene rings is 2. The van der Waals surface area contributed by atoms with Crippen LogP contribution in [0.5, 0.6) is 11.5 Å². The Morgan fingerprint density at radius 3 is 2.67 bits per heavy atom. The summed E-state index contributed by atoms with van der Waals surface area (Å²) >= 11 is 8.03. The highest BCUT2D eigenvalue weighted by Crippen LogP contribution is 2.39. The van der Waals surface area contributed by atoms with Gasteiger partial charge in [0.15, 0.2) is 11.5 Å². The monoisotopic (exact) mass is 321 g/mol. The van der Waals surface area contributed by atoms with Gasteiger partial charge >= 0.3 is 0 Å². The molecular weight excluding hydrogens is 306 g/mol. The summed E-state index contributed by atoms with van der Waals surface area (Å²) in [4.78, 5) is 1.17. The number of ether oxygens (including phenoxy) is 2. The van der Waals surface area contributed by atoms with Gasteiger partial charge < -0.3 is 15.2 Å². The summed E-state index contributed by atoms with van der Waals surface area (Å²) in [7, 11) is 0. The van der Waals surface area contributed by atoms with Crippen molar-refractivity contribution in [2.24, 2.45) is 0 Å². The Morgan fingerprint density at radius 1 is 1.10 bits per heavy atom. The fourth-order valence-electron chi connectivity index (χ4n) is 2.10. The number of hydrogen-bond acceptors (Lipinski definition) is 4. The van der Waals surface area contributed by atoms with Gasteiger partial charge in [0.05, 0.1) is 18.2 Å². The van der Waals surface area contributed by atoms with Crippen molar-refractivity contribution < 1.29 is 9.47 Å². The number of nitrogens with two attached hydrogens (primary N) is 1. The number of anilines is 1. The minimum Gasteiger partial charge on any atom is -0.489 e. The third kappa shape index (κ3) is 3.57. The average molecular weight is 322 g/mol. The zero-order valence-electron chi connectivity index (χ0n) is 11.5. The molecule has 0 unspecified atom stereocenters. The molecule has 0 amide bonds. The number of hydrogen-bond donors (Lipinski definition) is 1. The predicted octanol–water partition coefficient (Wildman–Crippen LogP) is 4.38. The second kappa shape index (κ2) is 6.50. The zero-order chi connectivity index (χ0) is 14.7. The molecule has 1 heterocycles. The summed E-state index contributed by atoms with van der Waals surface area (Å²) < 4.78 is 11.3. The lowest BCUT2D eigenvalue weighted by Crippen LogP contribution is -1.97. The third-order valence-electron chi connectivity index (χ3n) is 3.15. The number of rotatable bonds is 3. The van der Waals surface area contributed by atoms with Gasteiger partial charge in [-0.25, -0.2) is 0 Å². The van der Waals surface area contributed by atoms with E-state index >= 15 is 0 Å². The molecule has 0 atom stereocenters. The summed E-state index contributed by atoms with van der Waals surface area (Å²) in [6.45, 7) is 1.31. The van der Waals surface area contributed by atoms with Gasteiger partial charge in [0.2, 0.25) is 0 Å². The fraction of sp³-hybridized carbons (Fsp3) is 0.250. The first-order valence-corrected chi connectivity index (χ1v) is 8.15. The molecule has 3 nitrogen and oxygen atoms in total. The van der Waals surface area contributed by atoms with Crippen LogP contribution in [0.1, 0.15) is 12.0 Å². The van der Waals surface area contributed by atoms with Crippen LogP contribution in [0.15, 0.2) is 41.3 Å². The Balaban J connectivity index is 1.75. The SMILES string of the molecule is Nc1ccc(SCc2cc(Cl)c3c(c2)OCCCO3)cc1. The van der Waals surface area contributed by atoms with Crippen LogP contribution in [-0.2, 0) is 5.75 Å². The largest absolute Gasteiger partial charge is 0.489 e. The van der Waals surface area contributed by atoms with E-state index in [9.17, 15) is 0 Å². The Hall–Kier alpha value is -1.52. The van der Waals surface area contributed by atoms with Crippen LogP contribution < -0.4 is 15.2 Å². The molecule has 110 valence electrons. The van der Waals surface area contributed by atoms with Crippen molar-refractivity contribution in [1.29, 1.82) is 0 Å². The van der Waals surface area contributed by atoms with E-state index in [1.807, 2.05) is 36.4 Å². The summed E-state index contributed by atoms with van der Waals surface area (Å²) in [5.41, 5.74) is 7.58. The zero-order valence-corrected chi connectivity index (χ0v) is 13.0. The van der Waals surface area contributed by atoms with Crippen LogP contribution in [0.3, 0.4) is 0 Å². The molecule has 1 aliphatic rings. The van der Waals surface area contributed by atoms with Gasteiger partial charge in [0.1, 0.15) is 0 Å². The van der Waals surface area contributed by atoms with E-state index in [4.69, 9.17) is 26.8 Å². The second-order valence-corrected chi connectivity index (χ2v) is 6.27. The fourth-order valence-corrected chi connectivity index (χ4v) is 3.21. The van der Waals surface area contributed by atoms with Crippen LogP contribution in [0.2, 0.25) is 5.02 Å². The Morgan fingerprint density at radius 2 is 1.86 bits per heavy atom. The molecule has 5 heteroatoms. The van der Waals surface area contributed by atoms with Crippen molar-refractivity contribution in [3.63, 3.8) is 0 Å². The van der Waals surface area contributed by atoms with Crippen molar-refractivity contribution in [2.75, 3.05) is 18.9 Å². The highest BCUT2D eigenvalue weighted by Gasteiger charge is 2.15. The molecule has 2 aromatic carbocycles. The molecule has 2 N–H and O–H groups in total. The van der Waals surface area contributed by atoms with E-state index in [-0.39, 0.29) is 0 Å². The van der Waals surface area contributed by atoms with E-state index in [1.54, 1.807) is 11.8 Å². The maximum Gasteiger partial charge on any atom is 0.179 e. The molecule has 0 saturated carbocycles. The smallest absolute Gasteiger partial charge is 0.179 e. The van der Waals surface area contributed by atoms with E-state index in [1.165, 1.54) is 4.90 Å². The van der Waals surface area contributed by atoms with Crippen molar-refractivity contribution >= 4 is 29.1 Å². The third-order valence-corrected chi connectivity index (χ3v) is 4.51. The van der Waals surface area contributed by atoms with Gasteiger partial charge in [-0.3, -0.25) is 0 Å². The van der Waals surface area contributed by atoms with Crippen LogP contribution >= 0.6 is 23.4 Å². The summed E-state index contributed by atoms with van der Waals surface area (Å²) in [6.07, 6.45) is 0.876. The Kier molecular flexibility index (Phi) is 4.46. The van der Waals surface area contributed by atoms with Gasteiger partial charge in [-0.05, 0) is 42.0 Å². The van der Waals surface area contributed by atoms with E-state index in [0.29, 0.717) is 24.0 Å². The number of halogens is 1. The normalized spacial score (nSPS) is 13.8. The van der Waals surface area contributed by atoms with Crippen molar-refractivity contribution in [2.45, 2.75) is 17.1 Å². The standard InChI is InChI=1S/C16H16ClNO2S/c17-14-8-11(9-15-16(14)20-7-1-6-19-15)10-21-13-4-2-12(18)3-5-13/h2-5,8-9H,1,6-7,10,18H2. The lowest BCUT2D eigenvalue weighted by molar-refractivity contribution is 0.297. The lowest BCUT2D eigenvalue weighted by atomic mass is 10.2. The first kappa shape index (κ1) is 14.4. The summed E-state index contributed by atoms with van der Waals surface area (Å²) in [5.74, 6) is 2.23. The van der Waals surface area contributed by atoms with E-state index in [2.05, 4.69) is 0 Å². The molecule has 0 bridgehead atoms. The van der Waals surface area contributed by atoms with E-state index < -0.39 is 0 Å². The first-order chi connectivity index (χ1) is 10.2. The molecule has 0 saturated heterocycles. The first-order valence-electron chi connectivity index (χ1n) is 6.79. The molecule has 2 aromatic rings. The maximum absolute atomic E-state index is 6.29. The topological polar surface area (TPSA) is 44.5 Å². The maximum atomic E-state index is 6.29. The highest BCUT2D eigenvalue weighted by atomic mass is 35.5. The number of fused-ring (bicyclic) bond motifs is 1. The van der Waals surface area contributed by atoms with Crippen molar-refractivity contribution in [3.05, 3.63) is 47.0 Å². The molecule has 0 radical (unpaired) electrons. The molecule has 0 aromatic heterocycles. The van der Waals surface area contributed by atoms with Gasteiger partial charge in [0.25, 0.3) is 0 Å².